The molecule has 2 amide bonds. The van der Waals surface area contributed by atoms with E-state index in [1.807, 2.05) is 98.8 Å². The van der Waals surface area contributed by atoms with Gasteiger partial charge in [-0.1, -0.05) is 60.7 Å². The second kappa shape index (κ2) is 9.00. The van der Waals surface area contributed by atoms with Gasteiger partial charge in [0.05, 0.1) is 6.54 Å². The van der Waals surface area contributed by atoms with Crippen molar-refractivity contribution < 1.29 is 9.59 Å². The molecule has 0 fully saturated rings. The number of hydrogen-bond donors (Lipinski definition) is 0. The Hall–Kier alpha value is -3.40. The Balaban J connectivity index is 1.92. The highest BCUT2D eigenvalue weighted by molar-refractivity contribution is 6.44. The Kier molecular flexibility index (Phi) is 6.22. The molecule has 4 heteroatoms. The highest BCUT2D eigenvalue weighted by Crippen LogP contribution is 2.21. The molecule has 0 unspecified atom stereocenters. The molecule has 0 aliphatic carbocycles. The Labute approximate surface area is 166 Å². The number of carbonyl (C=O) groups excluding carboxylic acids is 2. The van der Waals surface area contributed by atoms with Crippen molar-refractivity contribution in [3.63, 3.8) is 0 Å². The molecule has 0 heterocycles. The van der Waals surface area contributed by atoms with Crippen molar-refractivity contribution >= 4 is 23.2 Å². The van der Waals surface area contributed by atoms with Crippen molar-refractivity contribution in [2.24, 2.45) is 0 Å². The molecule has 3 aromatic carbocycles. The summed E-state index contributed by atoms with van der Waals surface area (Å²) in [5.41, 5.74) is 3.44. The lowest BCUT2D eigenvalue weighted by molar-refractivity contribution is -0.136. The van der Waals surface area contributed by atoms with Crippen molar-refractivity contribution in [1.29, 1.82) is 0 Å². The van der Waals surface area contributed by atoms with Gasteiger partial charge in [0.2, 0.25) is 0 Å². The largest absolute Gasteiger partial charge is 0.317 e. The fourth-order valence-corrected chi connectivity index (χ4v) is 3.12. The highest BCUT2D eigenvalue weighted by Gasteiger charge is 2.28. The summed E-state index contributed by atoms with van der Waals surface area (Å²) in [6, 6.07) is 26.6. The molecule has 0 bridgehead atoms. The third kappa shape index (κ3) is 4.46. The Morgan fingerprint density at radius 3 is 1.89 bits per heavy atom. The second-order valence-corrected chi connectivity index (χ2v) is 6.60. The lowest BCUT2D eigenvalue weighted by atomic mass is 10.1. The third-order valence-electron chi connectivity index (χ3n) is 4.55. The summed E-state index contributed by atoms with van der Waals surface area (Å²) in [5.74, 6) is -1.08. The molecule has 0 spiro atoms. The molecule has 0 aromatic heterocycles. The van der Waals surface area contributed by atoms with Crippen molar-refractivity contribution in [1.82, 2.24) is 0 Å². The fourth-order valence-electron chi connectivity index (χ4n) is 3.12. The van der Waals surface area contributed by atoms with Crippen LogP contribution in [0.4, 0.5) is 11.4 Å². The van der Waals surface area contributed by atoms with E-state index in [-0.39, 0.29) is 0 Å². The Morgan fingerprint density at radius 1 is 0.714 bits per heavy atom. The first-order valence-corrected chi connectivity index (χ1v) is 9.39. The zero-order chi connectivity index (χ0) is 19.9. The summed E-state index contributed by atoms with van der Waals surface area (Å²) in [6.45, 7) is 4.59. The van der Waals surface area contributed by atoms with E-state index in [0.717, 1.165) is 16.8 Å². The van der Waals surface area contributed by atoms with Crippen LogP contribution in [0.15, 0.2) is 84.9 Å². The van der Waals surface area contributed by atoms with Gasteiger partial charge in [-0.2, -0.15) is 0 Å². The number of anilines is 2. The topological polar surface area (TPSA) is 40.6 Å². The van der Waals surface area contributed by atoms with Gasteiger partial charge in [-0.25, -0.2) is 0 Å². The predicted molar refractivity (Wildman–Crippen MR) is 113 cm³/mol. The van der Waals surface area contributed by atoms with E-state index in [2.05, 4.69) is 0 Å². The van der Waals surface area contributed by atoms with Crippen molar-refractivity contribution in [2.75, 3.05) is 16.3 Å². The number of benzene rings is 3. The zero-order valence-corrected chi connectivity index (χ0v) is 16.2. The molecule has 0 saturated carbocycles. The molecule has 0 radical (unpaired) electrons. The number of likely N-dealkylation sites (N-methyl/N-ethyl adjacent to an activating group) is 1. The summed E-state index contributed by atoms with van der Waals surface area (Å²) in [4.78, 5) is 29.4. The maximum absolute atomic E-state index is 13.2. The first-order chi connectivity index (χ1) is 13.6. The van der Waals surface area contributed by atoms with Gasteiger partial charge in [-0.05, 0) is 49.2 Å². The van der Waals surface area contributed by atoms with Crippen LogP contribution in [0, 0.1) is 6.92 Å². The van der Waals surface area contributed by atoms with Gasteiger partial charge in [0.25, 0.3) is 0 Å². The van der Waals surface area contributed by atoms with E-state index in [1.165, 1.54) is 9.80 Å². The number of hydrogen-bond acceptors (Lipinski definition) is 2. The van der Waals surface area contributed by atoms with Gasteiger partial charge in [-0.3, -0.25) is 14.5 Å². The molecule has 0 aliphatic rings. The lowest BCUT2D eigenvalue weighted by Crippen LogP contribution is -2.45. The molecule has 28 heavy (non-hydrogen) atoms. The lowest BCUT2D eigenvalue weighted by Gasteiger charge is -2.27. The zero-order valence-electron chi connectivity index (χ0n) is 16.2. The van der Waals surface area contributed by atoms with E-state index in [4.69, 9.17) is 0 Å². The van der Waals surface area contributed by atoms with Crippen LogP contribution in [0.2, 0.25) is 0 Å². The molecule has 0 saturated heterocycles. The number of nitrogens with zero attached hydrogens (tertiary/aromatic N) is 2. The minimum atomic E-state index is -0.543. The summed E-state index contributed by atoms with van der Waals surface area (Å²) in [5, 5.41) is 0. The molecule has 0 N–H and O–H groups in total. The maximum atomic E-state index is 13.2. The van der Waals surface area contributed by atoms with E-state index in [9.17, 15) is 9.59 Å². The molecular weight excluding hydrogens is 348 g/mol. The quantitative estimate of drug-likeness (QED) is 0.615. The van der Waals surface area contributed by atoms with Gasteiger partial charge in [0, 0.05) is 17.9 Å². The van der Waals surface area contributed by atoms with Crippen LogP contribution in [0.25, 0.3) is 0 Å². The molecule has 3 aromatic rings. The molecule has 3 rings (SSSR count). The molecule has 0 aliphatic heterocycles. The van der Waals surface area contributed by atoms with Crippen molar-refractivity contribution in [3.8, 4) is 0 Å². The van der Waals surface area contributed by atoms with Crippen molar-refractivity contribution in [3.05, 3.63) is 96.1 Å². The number of para-hydroxylation sites is 1. The second-order valence-electron chi connectivity index (χ2n) is 6.60. The Morgan fingerprint density at radius 2 is 1.29 bits per heavy atom. The van der Waals surface area contributed by atoms with Gasteiger partial charge >= 0.3 is 11.8 Å². The predicted octanol–water partition coefficient (Wildman–Crippen LogP) is 4.58. The van der Waals surface area contributed by atoms with Gasteiger partial charge in [0.15, 0.2) is 0 Å². The minimum Gasteiger partial charge on any atom is -0.304 e. The first kappa shape index (κ1) is 19.4. The monoisotopic (exact) mass is 372 g/mol. The van der Waals surface area contributed by atoms with Crippen LogP contribution in [-0.4, -0.2) is 18.4 Å². The minimum absolute atomic E-state index is 0.334. The van der Waals surface area contributed by atoms with Crippen LogP contribution in [0.5, 0.6) is 0 Å². The summed E-state index contributed by atoms with van der Waals surface area (Å²) in [6.07, 6.45) is 0. The molecular formula is C24H24N2O2. The summed E-state index contributed by atoms with van der Waals surface area (Å²) in [7, 11) is 0. The Bertz CT molecular complexity index is 939. The standard InChI is InChI=1S/C24H24N2O2/c1-3-25(22-16-10-11-19(2)17-22)23(27)24(28)26(21-14-8-5-9-15-21)18-20-12-6-4-7-13-20/h4-17H,3,18H2,1-2H3. The van der Waals surface area contributed by atoms with Crippen molar-refractivity contribution in [2.45, 2.75) is 20.4 Å². The maximum Gasteiger partial charge on any atom is 0.317 e. The van der Waals surface area contributed by atoms with E-state index in [1.54, 1.807) is 0 Å². The van der Waals surface area contributed by atoms with Gasteiger partial charge in [0.1, 0.15) is 0 Å². The molecule has 0 atom stereocenters. The summed E-state index contributed by atoms with van der Waals surface area (Å²) >= 11 is 0. The smallest absolute Gasteiger partial charge is 0.304 e. The SMILES string of the molecule is CCN(C(=O)C(=O)N(Cc1ccccc1)c1ccccc1)c1cccc(C)c1. The number of rotatable bonds is 5. The van der Waals surface area contributed by atoms with Crippen LogP contribution < -0.4 is 9.80 Å². The number of aryl methyl sites for hydroxylation is 1. The highest BCUT2D eigenvalue weighted by atomic mass is 16.2. The fraction of sp³-hybridized carbons (Fsp3) is 0.167. The average molecular weight is 372 g/mol. The third-order valence-corrected chi connectivity index (χ3v) is 4.55. The van der Waals surface area contributed by atoms with Gasteiger partial charge < -0.3 is 4.90 Å². The molecule has 4 nitrogen and oxygen atoms in total. The summed E-state index contributed by atoms with van der Waals surface area (Å²) < 4.78 is 0. The van der Waals surface area contributed by atoms with Crippen LogP contribution in [0.1, 0.15) is 18.1 Å². The molecule has 142 valence electrons. The van der Waals surface area contributed by atoms with Crippen LogP contribution >= 0.6 is 0 Å². The van der Waals surface area contributed by atoms with Crippen LogP contribution in [0.3, 0.4) is 0 Å². The van der Waals surface area contributed by atoms with E-state index >= 15 is 0 Å². The normalized spacial score (nSPS) is 10.4. The average Bonchev–Trinajstić information content (AvgIpc) is 2.73. The van der Waals surface area contributed by atoms with E-state index < -0.39 is 11.8 Å². The van der Waals surface area contributed by atoms with Crippen LogP contribution in [-0.2, 0) is 16.1 Å². The van der Waals surface area contributed by atoms with E-state index in [0.29, 0.717) is 18.8 Å². The van der Waals surface area contributed by atoms with Gasteiger partial charge in [-0.15, -0.1) is 0 Å². The number of amides is 2. The first-order valence-electron chi connectivity index (χ1n) is 9.39. The number of carbonyl (C=O) groups is 2.